The van der Waals surface area contributed by atoms with E-state index in [4.69, 9.17) is 26.8 Å². The van der Waals surface area contributed by atoms with E-state index >= 15 is 0 Å². The van der Waals surface area contributed by atoms with Crippen LogP contribution in [0.2, 0.25) is 5.02 Å². The van der Waals surface area contributed by atoms with Gasteiger partial charge in [-0.3, -0.25) is 29.4 Å². The molecule has 2 aromatic carbocycles. The first kappa shape index (κ1) is 24.1. The Labute approximate surface area is 212 Å². The Bertz CT molecular complexity index is 1300. The largest absolute Gasteiger partial charge is 0.493 e. The molecular weight excluding hydrogens is 488 g/mol. The van der Waals surface area contributed by atoms with E-state index < -0.39 is 47.0 Å². The number of anilines is 1. The summed E-state index contributed by atoms with van der Waals surface area (Å²) in [5, 5.41) is 6.32. The third kappa shape index (κ3) is 3.51. The van der Waals surface area contributed by atoms with Crippen LogP contribution in [0.25, 0.3) is 0 Å². The van der Waals surface area contributed by atoms with Gasteiger partial charge in [0.1, 0.15) is 5.54 Å². The fourth-order valence-corrected chi connectivity index (χ4v) is 5.89. The summed E-state index contributed by atoms with van der Waals surface area (Å²) in [5.41, 5.74) is 5.74. The van der Waals surface area contributed by atoms with E-state index in [1.54, 1.807) is 30.3 Å². The summed E-state index contributed by atoms with van der Waals surface area (Å²) < 4.78 is 10.6. The Balaban J connectivity index is 1.49. The van der Waals surface area contributed by atoms with E-state index in [0.29, 0.717) is 34.2 Å². The van der Waals surface area contributed by atoms with Gasteiger partial charge in [-0.05, 0) is 42.3 Å². The summed E-state index contributed by atoms with van der Waals surface area (Å²) in [4.78, 5) is 53.7. The summed E-state index contributed by atoms with van der Waals surface area (Å²) in [6, 6.07) is 9.46. The molecule has 4 amide bonds. The highest BCUT2D eigenvalue weighted by molar-refractivity contribution is 6.31. The molecule has 4 N–H and O–H groups in total. The van der Waals surface area contributed by atoms with Crippen molar-refractivity contribution in [1.29, 1.82) is 0 Å². The summed E-state index contributed by atoms with van der Waals surface area (Å²) in [6.07, 6.45) is 0.168. The van der Waals surface area contributed by atoms with Crippen molar-refractivity contribution in [2.75, 3.05) is 26.1 Å². The molecule has 188 valence electrons. The van der Waals surface area contributed by atoms with Gasteiger partial charge >= 0.3 is 0 Å². The van der Waals surface area contributed by atoms with Crippen molar-refractivity contribution in [3.63, 3.8) is 0 Å². The second kappa shape index (κ2) is 8.79. The van der Waals surface area contributed by atoms with Crippen molar-refractivity contribution >= 4 is 40.9 Å². The van der Waals surface area contributed by atoms with Crippen molar-refractivity contribution in [3.05, 3.63) is 52.5 Å². The van der Waals surface area contributed by atoms with Crippen molar-refractivity contribution in [3.8, 4) is 11.5 Å². The predicted octanol–water partition coefficient (Wildman–Crippen LogP) is 1.20. The van der Waals surface area contributed by atoms with Gasteiger partial charge < -0.3 is 20.5 Å². The molecule has 0 radical (unpaired) electrons. The minimum atomic E-state index is -1.53. The minimum absolute atomic E-state index is 0.101. The fourth-order valence-electron chi connectivity index (χ4n) is 5.72. The number of amides is 4. The van der Waals surface area contributed by atoms with Crippen LogP contribution in [0, 0.1) is 11.8 Å². The van der Waals surface area contributed by atoms with Crippen LogP contribution in [0.4, 0.5) is 5.69 Å². The molecule has 2 aromatic rings. The highest BCUT2D eigenvalue weighted by Gasteiger charge is 2.70. The van der Waals surface area contributed by atoms with E-state index in [0.717, 1.165) is 5.56 Å². The van der Waals surface area contributed by atoms with Crippen LogP contribution in [0.3, 0.4) is 0 Å². The molecule has 3 aliphatic heterocycles. The molecule has 0 bridgehead atoms. The molecule has 3 heterocycles. The number of carbonyl (C=O) groups excluding carboxylic acids is 4. The zero-order valence-electron chi connectivity index (χ0n) is 19.7. The summed E-state index contributed by atoms with van der Waals surface area (Å²) in [5.74, 6) is -2.90. The number of nitrogens with zero attached hydrogens (tertiary/aromatic N) is 1. The lowest BCUT2D eigenvalue weighted by Crippen LogP contribution is -2.53. The number of halogens is 1. The van der Waals surface area contributed by atoms with E-state index in [1.165, 1.54) is 19.1 Å². The second-order valence-corrected chi connectivity index (χ2v) is 9.58. The first-order chi connectivity index (χ1) is 17.2. The molecule has 1 spiro atoms. The van der Waals surface area contributed by atoms with Gasteiger partial charge in [0.15, 0.2) is 11.5 Å². The number of primary amides is 1. The number of hydrogen-bond donors (Lipinski definition) is 3. The third-order valence-electron chi connectivity index (χ3n) is 7.26. The first-order valence-electron chi connectivity index (χ1n) is 11.4. The smallest absolute Gasteiger partial charge is 0.250 e. The molecular formula is C25H25ClN4O6. The minimum Gasteiger partial charge on any atom is -0.493 e. The average molecular weight is 513 g/mol. The van der Waals surface area contributed by atoms with Crippen LogP contribution in [0.15, 0.2) is 36.4 Å². The van der Waals surface area contributed by atoms with Gasteiger partial charge in [0.05, 0.1) is 26.1 Å². The van der Waals surface area contributed by atoms with Gasteiger partial charge in [0.2, 0.25) is 23.6 Å². The van der Waals surface area contributed by atoms with Crippen molar-refractivity contribution < 1.29 is 28.7 Å². The Morgan fingerprint density at radius 1 is 1.08 bits per heavy atom. The molecule has 36 heavy (non-hydrogen) atoms. The number of fused-ring (bicyclic) bond motifs is 4. The number of imide groups is 1. The zero-order valence-corrected chi connectivity index (χ0v) is 20.4. The maximum atomic E-state index is 13.8. The van der Waals surface area contributed by atoms with E-state index in [-0.39, 0.29) is 13.0 Å². The lowest BCUT2D eigenvalue weighted by Gasteiger charge is -2.29. The third-order valence-corrected chi connectivity index (χ3v) is 7.50. The van der Waals surface area contributed by atoms with Crippen molar-refractivity contribution in [1.82, 2.24) is 10.2 Å². The molecule has 4 atom stereocenters. The van der Waals surface area contributed by atoms with Gasteiger partial charge in [-0.15, -0.1) is 0 Å². The standard InChI is InChI=1S/C25H25ClN4O6/c1-35-17-6-3-12(9-18(17)36-2)7-8-30-22(32)20-16(11-19(27)31)29-25(21(20)23(30)33)14-10-13(26)4-5-15(14)28-24(25)34/h3-6,9-10,16,20-21,29H,7-8,11H2,1-2H3,(H2,27,31)(H,28,34)/t16-,20+,21-,25+/m1/s1. The predicted molar refractivity (Wildman–Crippen MR) is 129 cm³/mol. The number of methoxy groups -OCH3 is 2. The number of ether oxygens (including phenoxy) is 2. The van der Waals surface area contributed by atoms with Gasteiger partial charge in [-0.2, -0.15) is 0 Å². The Kier molecular flexibility index (Phi) is 5.88. The Morgan fingerprint density at radius 2 is 1.83 bits per heavy atom. The molecule has 2 fully saturated rings. The molecule has 11 heteroatoms. The maximum Gasteiger partial charge on any atom is 0.250 e. The molecule has 0 unspecified atom stereocenters. The zero-order chi connectivity index (χ0) is 25.8. The van der Waals surface area contributed by atoms with Crippen molar-refractivity contribution in [2.45, 2.75) is 24.4 Å². The topological polar surface area (TPSA) is 140 Å². The van der Waals surface area contributed by atoms with E-state index in [9.17, 15) is 19.2 Å². The number of carbonyl (C=O) groups is 4. The lowest BCUT2D eigenvalue weighted by atomic mass is 9.76. The van der Waals surface area contributed by atoms with Gasteiger partial charge in [0.25, 0.3) is 0 Å². The van der Waals surface area contributed by atoms with Crippen LogP contribution in [0.5, 0.6) is 11.5 Å². The van der Waals surface area contributed by atoms with Crippen LogP contribution in [-0.4, -0.2) is 55.3 Å². The van der Waals surface area contributed by atoms with Gasteiger partial charge in [-0.1, -0.05) is 17.7 Å². The number of nitrogens with two attached hydrogens (primary N) is 1. The monoisotopic (exact) mass is 512 g/mol. The molecule has 3 aliphatic rings. The SMILES string of the molecule is COc1ccc(CCN2C(=O)[C@H]3[C@@H](CC(N)=O)N[C@]4(C(=O)Nc5ccc(Cl)cc54)[C@H]3C2=O)cc1OC. The first-order valence-corrected chi connectivity index (χ1v) is 11.8. The Morgan fingerprint density at radius 3 is 2.53 bits per heavy atom. The van der Waals surface area contributed by atoms with Crippen LogP contribution in [0.1, 0.15) is 17.5 Å². The molecule has 5 rings (SSSR count). The molecule has 0 saturated carbocycles. The number of rotatable bonds is 7. The Hall–Kier alpha value is -3.63. The number of hydrogen-bond acceptors (Lipinski definition) is 7. The quantitative estimate of drug-likeness (QED) is 0.473. The van der Waals surface area contributed by atoms with Crippen molar-refractivity contribution in [2.24, 2.45) is 17.6 Å². The molecule has 2 saturated heterocycles. The normalized spacial score (nSPS) is 26.2. The highest BCUT2D eigenvalue weighted by Crippen LogP contribution is 2.53. The second-order valence-electron chi connectivity index (χ2n) is 9.14. The fraction of sp³-hybridized carbons (Fsp3) is 0.360. The summed E-state index contributed by atoms with van der Waals surface area (Å²) >= 11 is 6.23. The van der Waals surface area contributed by atoms with E-state index in [1.807, 2.05) is 6.07 Å². The lowest BCUT2D eigenvalue weighted by molar-refractivity contribution is -0.142. The average Bonchev–Trinajstić information content (AvgIpc) is 3.41. The number of likely N-dealkylation sites (tertiary alicyclic amines) is 1. The molecule has 10 nitrogen and oxygen atoms in total. The molecule has 0 aliphatic carbocycles. The van der Waals surface area contributed by atoms with E-state index in [2.05, 4.69) is 10.6 Å². The summed E-state index contributed by atoms with van der Waals surface area (Å²) in [7, 11) is 3.06. The van der Waals surface area contributed by atoms with Crippen LogP contribution < -0.4 is 25.8 Å². The van der Waals surface area contributed by atoms with Crippen LogP contribution >= 0.6 is 11.6 Å². The van der Waals surface area contributed by atoms with Crippen LogP contribution in [-0.2, 0) is 31.1 Å². The number of benzene rings is 2. The summed E-state index contributed by atoms with van der Waals surface area (Å²) in [6.45, 7) is 0.101. The molecule has 0 aromatic heterocycles. The number of nitrogens with one attached hydrogen (secondary N) is 2. The van der Waals surface area contributed by atoms with Gasteiger partial charge in [-0.25, -0.2) is 0 Å². The maximum absolute atomic E-state index is 13.8. The highest BCUT2D eigenvalue weighted by atomic mass is 35.5. The van der Waals surface area contributed by atoms with Gasteiger partial charge in [0, 0.05) is 35.3 Å².